The quantitative estimate of drug-likeness (QED) is 0.561. The van der Waals surface area contributed by atoms with Crippen LogP contribution >= 0.6 is 0 Å². The van der Waals surface area contributed by atoms with E-state index in [0.717, 1.165) is 0 Å². The van der Waals surface area contributed by atoms with Crippen LogP contribution in [-0.2, 0) is 19.9 Å². The summed E-state index contributed by atoms with van der Waals surface area (Å²) in [5, 5.41) is 4.26. The van der Waals surface area contributed by atoms with Crippen molar-refractivity contribution in [3.8, 4) is 0 Å². The van der Waals surface area contributed by atoms with Crippen LogP contribution in [0.25, 0.3) is 0 Å². The Hall–Kier alpha value is -0.790. The molecule has 0 N–H and O–H groups in total. The van der Waals surface area contributed by atoms with Crippen molar-refractivity contribution in [3.63, 3.8) is 0 Å². The molecule has 0 fully saturated rings. The fraction of sp³-hybridized carbons (Fsp3) is 0.727. The lowest BCUT2D eigenvalue weighted by Gasteiger charge is -1.99. The Morgan fingerprint density at radius 1 is 1.15 bits per heavy atom. The third-order valence-electron chi connectivity index (χ3n) is 2.51. The summed E-state index contributed by atoms with van der Waals surface area (Å²) in [6.07, 6.45) is 8.57. The molecule has 0 saturated carbocycles. The van der Waals surface area contributed by atoms with Gasteiger partial charge in [0.05, 0.1) is 6.20 Å². The third-order valence-corrected chi connectivity index (χ3v) is 2.51. The molecule has 0 amide bonds. The maximum atomic E-state index is 4.26. The summed E-state index contributed by atoms with van der Waals surface area (Å²) >= 11 is 0. The van der Waals surface area contributed by atoms with Crippen molar-refractivity contribution in [2.45, 2.75) is 46.0 Å². The average molecular weight is 180 g/mol. The van der Waals surface area contributed by atoms with Crippen molar-refractivity contribution in [2.75, 3.05) is 0 Å². The second-order valence-corrected chi connectivity index (χ2v) is 3.30. The molecule has 0 radical (unpaired) electrons. The van der Waals surface area contributed by atoms with Crippen LogP contribution in [0.2, 0.25) is 0 Å². The first-order valence-electron chi connectivity index (χ1n) is 5.37. The highest BCUT2D eigenvalue weighted by molar-refractivity contribution is 5.18. The molecular weight excluding hydrogens is 160 g/mol. The highest BCUT2D eigenvalue weighted by Crippen LogP contribution is 2.18. The van der Waals surface area contributed by atoms with Crippen LogP contribution in [0.4, 0.5) is 0 Å². The molecule has 74 valence electrons. The maximum Gasteiger partial charge on any atom is 0.0524 e. The van der Waals surface area contributed by atoms with Crippen molar-refractivity contribution in [2.24, 2.45) is 7.05 Å². The van der Waals surface area contributed by atoms with Gasteiger partial charge in [-0.1, -0.05) is 20.3 Å². The molecule has 0 bridgehead atoms. The van der Waals surface area contributed by atoms with Gasteiger partial charge in [-0.05, 0) is 31.2 Å². The fourth-order valence-electron chi connectivity index (χ4n) is 1.82. The van der Waals surface area contributed by atoms with E-state index in [9.17, 15) is 0 Å². The Kier molecular flexibility index (Phi) is 4.00. The van der Waals surface area contributed by atoms with Gasteiger partial charge in [0.25, 0.3) is 0 Å². The summed E-state index contributed by atoms with van der Waals surface area (Å²) in [5.74, 6) is 0. The van der Waals surface area contributed by atoms with Crippen molar-refractivity contribution < 1.29 is 0 Å². The third kappa shape index (κ3) is 2.33. The monoisotopic (exact) mass is 180 g/mol. The lowest BCUT2D eigenvalue weighted by molar-refractivity contribution is 0.662. The second-order valence-electron chi connectivity index (χ2n) is 3.30. The van der Waals surface area contributed by atoms with Gasteiger partial charge in [-0.2, -0.15) is 5.10 Å². The lowest BCUT2D eigenvalue weighted by atomic mass is 10.1. The van der Waals surface area contributed by atoms with E-state index in [0.29, 0.717) is 0 Å². The number of rotatable bonds is 0. The molecule has 0 unspecified atom stereocenters. The molecular formula is C11H20N2. The van der Waals surface area contributed by atoms with Crippen molar-refractivity contribution in [1.82, 2.24) is 9.78 Å². The Balaban J connectivity index is 0.000000396. The normalized spacial score (nSPS) is 15.3. The molecule has 0 aliphatic heterocycles. The molecule has 13 heavy (non-hydrogen) atoms. The molecule has 2 nitrogen and oxygen atoms in total. The average Bonchev–Trinajstić information content (AvgIpc) is 2.44. The van der Waals surface area contributed by atoms with Gasteiger partial charge in [0, 0.05) is 12.7 Å². The molecule has 1 aliphatic carbocycles. The van der Waals surface area contributed by atoms with E-state index in [2.05, 4.69) is 5.10 Å². The Morgan fingerprint density at radius 3 is 2.62 bits per heavy atom. The van der Waals surface area contributed by atoms with E-state index >= 15 is 0 Å². The molecule has 2 heteroatoms. The number of nitrogens with zero attached hydrogens (tertiary/aromatic N) is 2. The van der Waals surface area contributed by atoms with Gasteiger partial charge in [0.1, 0.15) is 0 Å². The molecule has 0 spiro atoms. The van der Waals surface area contributed by atoms with E-state index in [1.54, 1.807) is 0 Å². The van der Waals surface area contributed by atoms with Crippen molar-refractivity contribution >= 4 is 0 Å². The molecule has 1 heterocycles. The zero-order valence-electron chi connectivity index (χ0n) is 9.01. The molecule has 0 aromatic carbocycles. The van der Waals surface area contributed by atoms with Gasteiger partial charge in [0.15, 0.2) is 0 Å². The Morgan fingerprint density at radius 2 is 1.85 bits per heavy atom. The minimum atomic E-state index is 1.23. The van der Waals surface area contributed by atoms with Crippen LogP contribution in [-0.4, -0.2) is 9.78 Å². The topological polar surface area (TPSA) is 17.8 Å². The molecule has 1 aromatic rings. The predicted molar refractivity (Wildman–Crippen MR) is 55.8 cm³/mol. The van der Waals surface area contributed by atoms with Crippen LogP contribution in [0.1, 0.15) is 44.4 Å². The van der Waals surface area contributed by atoms with Crippen LogP contribution in [0.15, 0.2) is 6.20 Å². The van der Waals surface area contributed by atoms with Crippen molar-refractivity contribution in [3.05, 3.63) is 17.5 Å². The summed E-state index contributed by atoms with van der Waals surface area (Å²) in [5.41, 5.74) is 2.94. The number of hydrogen-bond donors (Lipinski definition) is 0. The summed E-state index contributed by atoms with van der Waals surface area (Å²) in [7, 11) is 2.05. The van der Waals surface area contributed by atoms with E-state index in [-0.39, 0.29) is 0 Å². The smallest absolute Gasteiger partial charge is 0.0524 e. The van der Waals surface area contributed by atoms with Gasteiger partial charge in [-0.3, -0.25) is 4.68 Å². The van der Waals surface area contributed by atoms with Gasteiger partial charge in [-0.15, -0.1) is 0 Å². The first-order valence-corrected chi connectivity index (χ1v) is 5.37. The number of hydrogen-bond acceptors (Lipinski definition) is 1. The largest absolute Gasteiger partial charge is 0.272 e. The van der Waals surface area contributed by atoms with Crippen LogP contribution in [0, 0.1) is 0 Å². The van der Waals surface area contributed by atoms with Crippen LogP contribution in [0.3, 0.4) is 0 Å². The first kappa shape index (κ1) is 10.3. The van der Waals surface area contributed by atoms with Crippen LogP contribution in [0.5, 0.6) is 0 Å². The minimum Gasteiger partial charge on any atom is -0.272 e. The molecule has 1 aromatic heterocycles. The Bertz CT molecular complexity index is 251. The van der Waals surface area contributed by atoms with Crippen LogP contribution < -0.4 is 0 Å². The molecule has 2 rings (SSSR count). The highest BCUT2D eigenvalue weighted by atomic mass is 15.3. The molecule has 1 aliphatic rings. The predicted octanol–water partition coefficient (Wildman–Crippen LogP) is 2.72. The zero-order valence-corrected chi connectivity index (χ0v) is 9.01. The summed E-state index contributed by atoms with van der Waals surface area (Å²) < 4.78 is 2.03. The summed E-state index contributed by atoms with van der Waals surface area (Å²) in [4.78, 5) is 0. The highest BCUT2D eigenvalue weighted by Gasteiger charge is 2.10. The van der Waals surface area contributed by atoms with Gasteiger partial charge >= 0.3 is 0 Å². The molecule has 0 saturated heterocycles. The standard InChI is InChI=1S/C9H14N2.C2H6/c1-11-9-6-4-2-3-5-8(9)7-10-11;1-2/h7H,2-6H2,1H3;1-2H3. The lowest BCUT2D eigenvalue weighted by Crippen LogP contribution is -1.98. The number of aromatic nitrogens is 2. The number of aryl methyl sites for hydroxylation is 2. The van der Waals surface area contributed by atoms with Crippen molar-refractivity contribution in [1.29, 1.82) is 0 Å². The molecule has 0 atom stereocenters. The van der Waals surface area contributed by atoms with E-state index < -0.39 is 0 Å². The Labute approximate surface area is 81.0 Å². The van der Waals surface area contributed by atoms with E-state index in [1.807, 2.05) is 31.8 Å². The van der Waals surface area contributed by atoms with Gasteiger partial charge in [-0.25, -0.2) is 0 Å². The van der Waals surface area contributed by atoms with Gasteiger partial charge < -0.3 is 0 Å². The second kappa shape index (κ2) is 5.05. The maximum absolute atomic E-state index is 4.26. The fourth-order valence-corrected chi connectivity index (χ4v) is 1.82. The van der Waals surface area contributed by atoms with E-state index in [1.165, 1.54) is 43.4 Å². The summed E-state index contributed by atoms with van der Waals surface area (Å²) in [6.45, 7) is 4.00. The SMILES string of the molecule is CC.Cn1ncc2c1CCCCC2. The van der Waals surface area contributed by atoms with E-state index in [4.69, 9.17) is 0 Å². The van der Waals surface area contributed by atoms with Gasteiger partial charge in [0.2, 0.25) is 0 Å². The number of fused-ring (bicyclic) bond motifs is 1. The minimum absolute atomic E-state index is 1.23. The summed E-state index contributed by atoms with van der Waals surface area (Å²) in [6, 6.07) is 0. The first-order chi connectivity index (χ1) is 6.38. The zero-order chi connectivity index (χ0) is 9.68.